The monoisotopic (exact) mass is 479 g/mol. The molecule has 0 unspecified atom stereocenters. The van der Waals surface area contributed by atoms with Crippen LogP contribution in [0.4, 0.5) is 5.69 Å². The molecule has 0 atom stereocenters. The maximum atomic E-state index is 13.3. The van der Waals surface area contributed by atoms with E-state index in [1.807, 2.05) is 43.3 Å². The van der Waals surface area contributed by atoms with Crippen molar-refractivity contribution in [2.24, 2.45) is 0 Å². The Morgan fingerprint density at radius 2 is 1.88 bits per heavy atom. The number of benzene rings is 3. The Labute approximate surface area is 200 Å². The minimum atomic E-state index is -0.259. The first kappa shape index (κ1) is 22.9. The molecule has 4 aromatic rings. The Bertz CT molecular complexity index is 1370. The number of halogens is 1. The van der Waals surface area contributed by atoms with Crippen LogP contribution in [0.5, 0.6) is 5.75 Å². The molecule has 0 aliphatic carbocycles. The van der Waals surface area contributed by atoms with E-state index in [0.29, 0.717) is 39.1 Å². The molecular weight excluding hydrogens is 458 g/mol. The first-order valence-electron chi connectivity index (χ1n) is 10.3. The van der Waals surface area contributed by atoms with Crippen molar-refractivity contribution in [2.75, 3.05) is 18.2 Å². The summed E-state index contributed by atoms with van der Waals surface area (Å²) >= 11 is 7.26. The van der Waals surface area contributed by atoms with Crippen molar-refractivity contribution in [2.45, 2.75) is 18.6 Å². The molecule has 0 spiro atoms. The maximum Gasteiger partial charge on any atom is 0.262 e. The summed E-state index contributed by atoms with van der Waals surface area (Å²) in [6, 6.07) is 20.2. The number of para-hydroxylation sites is 1. The van der Waals surface area contributed by atoms with E-state index in [-0.39, 0.29) is 17.2 Å². The summed E-state index contributed by atoms with van der Waals surface area (Å²) in [5.74, 6) is 0.316. The minimum Gasteiger partial charge on any atom is -0.495 e. The van der Waals surface area contributed by atoms with Crippen LogP contribution >= 0.6 is 23.4 Å². The Balaban J connectivity index is 1.61. The van der Waals surface area contributed by atoms with Gasteiger partial charge in [-0.2, -0.15) is 0 Å². The average Bonchev–Trinajstić information content (AvgIpc) is 2.81. The molecule has 0 saturated heterocycles. The van der Waals surface area contributed by atoms with Crippen molar-refractivity contribution in [3.63, 3.8) is 0 Å². The lowest BCUT2D eigenvalue weighted by Crippen LogP contribution is -2.25. The van der Waals surface area contributed by atoms with Crippen LogP contribution in [0.25, 0.3) is 10.9 Å². The standard InChI is InChI=1S/C25H22ClN3O3S/c1-16-7-9-17(10-8-16)14-29-24(31)19-5-3-4-6-20(19)28-25(29)33-15-23(30)27-21-13-18(26)11-12-22(21)32-2/h3-13H,14-15H2,1-2H3,(H,27,30). The number of nitrogens with zero attached hydrogens (tertiary/aromatic N) is 2. The van der Waals surface area contributed by atoms with Gasteiger partial charge in [0.1, 0.15) is 5.75 Å². The second-order valence-corrected chi connectivity index (χ2v) is 8.85. The third kappa shape index (κ3) is 5.38. The van der Waals surface area contributed by atoms with Gasteiger partial charge in [0, 0.05) is 5.02 Å². The minimum absolute atomic E-state index is 0.0638. The van der Waals surface area contributed by atoms with Crippen LogP contribution in [0, 0.1) is 6.92 Å². The summed E-state index contributed by atoms with van der Waals surface area (Å²) in [4.78, 5) is 30.6. The molecule has 0 aliphatic rings. The highest BCUT2D eigenvalue weighted by Crippen LogP contribution is 2.28. The molecule has 0 aliphatic heterocycles. The summed E-state index contributed by atoms with van der Waals surface area (Å²) in [6.45, 7) is 2.38. The quantitative estimate of drug-likeness (QED) is 0.293. The molecule has 1 aromatic heterocycles. The molecule has 0 radical (unpaired) electrons. The number of fused-ring (bicyclic) bond motifs is 1. The highest BCUT2D eigenvalue weighted by Gasteiger charge is 2.15. The van der Waals surface area contributed by atoms with Gasteiger partial charge in [-0.15, -0.1) is 0 Å². The zero-order valence-electron chi connectivity index (χ0n) is 18.2. The Morgan fingerprint density at radius 1 is 1.12 bits per heavy atom. The fraction of sp³-hybridized carbons (Fsp3) is 0.160. The molecule has 1 amide bonds. The van der Waals surface area contributed by atoms with E-state index in [1.165, 1.54) is 18.9 Å². The largest absolute Gasteiger partial charge is 0.495 e. The van der Waals surface area contributed by atoms with Gasteiger partial charge < -0.3 is 10.1 Å². The number of thioether (sulfide) groups is 1. The van der Waals surface area contributed by atoms with Crippen LogP contribution in [0.3, 0.4) is 0 Å². The van der Waals surface area contributed by atoms with E-state index in [1.54, 1.807) is 34.9 Å². The molecule has 0 saturated carbocycles. The van der Waals surface area contributed by atoms with E-state index in [9.17, 15) is 9.59 Å². The molecule has 6 nitrogen and oxygen atoms in total. The van der Waals surface area contributed by atoms with E-state index >= 15 is 0 Å². The third-order valence-electron chi connectivity index (χ3n) is 5.06. The van der Waals surface area contributed by atoms with Crippen molar-refractivity contribution in [3.8, 4) is 5.75 Å². The highest BCUT2D eigenvalue weighted by molar-refractivity contribution is 7.99. The zero-order valence-corrected chi connectivity index (χ0v) is 19.7. The van der Waals surface area contributed by atoms with E-state index in [2.05, 4.69) is 10.3 Å². The van der Waals surface area contributed by atoms with E-state index < -0.39 is 0 Å². The summed E-state index contributed by atoms with van der Waals surface area (Å²) in [5.41, 5.74) is 3.07. The lowest BCUT2D eigenvalue weighted by molar-refractivity contribution is -0.113. The van der Waals surface area contributed by atoms with Crippen molar-refractivity contribution >= 4 is 45.9 Å². The van der Waals surface area contributed by atoms with Gasteiger partial charge in [0.25, 0.3) is 5.56 Å². The third-order valence-corrected chi connectivity index (χ3v) is 6.27. The van der Waals surface area contributed by atoms with Gasteiger partial charge in [-0.3, -0.25) is 14.2 Å². The number of hydrogen-bond donors (Lipinski definition) is 1. The van der Waals surface area contributed by atoms with Crippen molar-refractivity contribution in [1.82, 2.24) is 9.55 Å². The van der Waals surface area contributed by atoms with Crippen molar-refractivity contribution < 1.29 is 9.53 Å². The van der Waals surface area contributed by atoms with Crippen molar-refractivity contribution in [1.29, 1.82) is 0 Å². The highest BCUT2D eigenvalue weighted by atomic mass is 35.5. The number of methoxy groups -OCH3 is 1. The fourth-order valence-corrected chi connectivity index (χ4v) is 4.34. The predicted molar refractivity (Wildman–Crippen MR) is 134 cm³/mol. The molecule has 1 heterocycles. The van der Waals surface area contributed by atoms with Gasteiger partial charge in [-0.25, -0.2) is 4.98 Å². The van der Waals surface area contributed by atoms with Crippen LogP contribution in [0.15, 0.2) is 76.7 Å². The molecule has 33 heavy (non-hydrogen) atoms. The van der Waals surface area contributed by atoms with Crippen molar-refractivity contribution in [3.05, 3.63) is 93.2 Å². The number of nitrogens with one attached hydrogen (secondary N) is 1. The average molecular weight is 480 g/mol. The number of aryl methyl sites for hydroxylation is 1. The smallest absolute Gasteiger partial charge is 0.262 e. The number of carbonyl (C=O) groups excluding carboxylic acids is 1. The summed E-state index contributed by atoms with van der Waals surface area (Å²) < 4.78 is 6.90. The SMILES string of the molecule is COc1ccc(Cl)cc1NC(=O)CSc1nc2ccccc2c(=O)n1Cc1ccc(C)cc1. The molecule has 1 N–H and O–H groups in total. The number of ether oxygens (including phenoxy) is 1. The lowest BCUT2D eigenvalue weighted by Gasteiger charge is -2.14. The fourth-order valence-electron chi connectivity index (χ4n) is 3.37. The van der Waals surface area contributed by atoms with Gasteiger partial charge in [0.2, 0.25) is 5.91 Å². The Kier molecular flexibility index (Phi) is 7.01. The first-order chi connectivity index (χ1) is 15.9. The van der Waals surface area contributed by atoms with Gasteiger partial charge >= 0.3 is 0 Å². The van der Waals surface area contributed by atoms with Crippen LogP contribution < -0.4 is 15.6 Å². The number of carbonyl (C=O) groups is 1. The lowest BCUT2D eigenvalue weighted by atomic mass is 10.1. The van der Waals surface area contributed by atoms with Crippen LogP contribution in [0.1, 0.15) is 11.1 Å². The zero-order chi connectivity index (χ0) is 23.4. The van der Waals surface area contributed by atoms with E-state index in [4.69, 9.17) is 16.3 Å². The summed E-state index contributed by atoms with van der Waals surface area (Å²) in [5, 5.41) is 4.33. The second-order valence-electron chi connectivity index (χ2n) is 7.47. The summed E-state index contributed by atoms with van der Waals surface area (Å²) in [7, 11) is 1.52. The number of anilines is 1. The molecule has 168 valence electrons. The molecule has 0 bridgehead atoms. The molecular formula is C25H22ClN3O3S. The van der Waals surface area contributed by atoms with E-state index in [0.717, 1.165) is 11.1 Å². The Morgan fingerprint density at radius 3 is 2.64 bits per heavy atom. The topological polar surface area (TPSA) is 73.2 Å². The van der Waals surface area contributed by atoms with Crippen LogP contribution in [0.2, 0.25) is 5.02 Å². The molecule has 0 fully saturated rings. The van der Waals surface area contributed by atoms with Gasteiger partial charge in [-0.05, 0) is 42.8 Å². The normalized spacial score (nSPS) is 10.9. The molecule has 3 aromatic carbocycles. The summed E-state index contributed by atoms with van der Waals surface area (Å²) in [6.07, 6.45) is 0. The Hall–Kier alpha value is -3.29. The van der Waals surface area contributed by atoms with Crippen LogP contribution in [-0.2, 0) is 11.3 Å². The first-order valence-corrected chi connectivity index (χ1v) is 11.6. The van der Waals surface area contributed by atoms with Gasteiger partial charge in [-0.1, -0.05) is 65.3 Å². The second kappa shape index (κ2) is 10.1. The predicted octanol–water partition coefficient (Wildman–Crippen LogP) is 5.15. The van der Waals surface area contributed by atoms with Gasteiger partial charge in [0.05, 0.1) is 36.0 Å². The molecule has 4 rings (SSSR count). The molecule has 8 heteroatoms. The maximum absolute atomic E-state index is 13.3. The van der Waals surface area contributed by atoms with Gasteiger partial charge in [0.15, 0.2) is 5.16 Å². The number of amides is 1. The number of rotatable bonds is 7. The van der Waals surface area contributed by atoms with Crippen LogP contribution in [-0.4, -0.2) is 28.3 Å². The number of aromatic nitrogens is 2. The number of hydrogen-bond acceptors (Lipinski definition) is 5.